The topological polar surface area (TPSA) is 32.3 Å². The van der Waals surface area contributed by atoms with Crippen LogP contribution in [0.1, 0.15) is 6.42 Å². The smallest absolute Gasteiger partial charge is 0.244 e. The summed E-state index contributed by atoms with van der Waals surface area (Å²) in [6, 6.07) is 0. The van der Waals surface area contributed by atoms with Crippen molar-refractivity contribution in [2.45, 2.75) is 12.0 Å². The molecule has 1 unspecified atom stereocenters. The summed E-state index contributed by atoms with van der Waals surface area (Å²) >= 11 is 0. The molecule has 1 atom stereocenters. The lowest BCUT2D eigenvalue weighted by Crippen LogP contribution is -2.78. The Morgan fingerprint density at radius 1 is 1.78 bits per heavy atom. The molecular formula is C6H10N2O. The van der Waals surface area contributed by atoms with E-state index in [0.29, 0.717) is 0 Å². The number of hydrogen-bond donors (Lipinski definition) is 1. The zero-order chi connectivity index (χ0) is 6.48. The van der Waals surface area contributed by atoms with Crippen LogP contribution in [0.15, 0.2) is 0 Å². The number of likely N-dealkylation sites (N-methyl/N-ethyl adjacent to an activating group) is 1. The van der Waals surface area contributed by atoms with E-state index < -0.39 is 0 Å². The lowest BCUT2D eigenvalue weighted by molar-refractivity contribution is -0.156. The molecule has 3 heteroatoms. The van der Waals surface area contributed by atoms with E-state index in [1.807, 2.05) is 7.05 Å². The standard InChI is InChI=1S/C6H10N2O/c1-8-4-6(5(8)9)2-3-7-6/h7H,2-4H2,1H3. The Bertz CT molecular complexity index is 162. The van der Waals surface area contributed by atoms with Gasteiger partial charge in [-0.05, 0) is 13.0 Å². The largest absolute Gasteiger partial charge is 0.342 e. The average molecular weight is 126 g/mol. The summed E-state index contributed by atoms with van der Waals surface area (Å²) in [5.74, 6) is 0.272. The molecule has 0 aromatic rings. The lowest BCUT2D eigenvalue weighted by Gasteiger charge is -2.53. The first-order valence-corrected chi connectivity index (χ1v) is 3.25. The van der Waals surface area contributed by atoms with Crippen molar-refractivity contribution in [3.05, 3.63) is 0 Å². The highest BCUT2D eigenvalue weighted by Gasteiger charge is 2.54. The number of carbonyl (C=O) groups is 1. The van der Waals surface area contributed by atoms with E-state index in [0.717, 1.165) is 19.5 Å². The molecule has 0 saturated carbocycles. The van der Waals surface area contributed by atoms with Gasteiger partial charge in [-0.15, -0.1) is 0 Å². The molecule has 1 spiro atoms. The molecular weight excluding hydrogens is 116 g/mol. The van der Waals surface area contributed by atoms with Gasteiger partial charge in [-0.2, -0.15) is 0 Å². The normalized spacial score (nSPS) is 40.6. The van der Waals surface area contributed by atoms with Crippen molar-refractivity contribution in [1.82, 2.24) is 10.2 Å². The van der Waals surface area contributed by atoms with Gasteiger partial charge in [0.1, 0.15) is 5.54 Å². The minimum Gasteiger partial charge on any atom is -0.342 e. The number of rotatable bonds is 0. The number of carbonyl (C=O) groups excluding carboxylic acids is 1. The number of β-lactam (4-membered cyclic amide) rings is 1. The molecule has 50 valence electrons. The maximum atomic E-state index is 11.0. The molecule has 2 saturated heterocycles. The summed E-state index contributed by atoms with van der Waals surface area (Å²) < 4.78 is 0. The van der Waals surface area contributed by atoms with Crippen LogP contribution in [-0.2, 0) is 4.79 Å². The molecule has 9 heavy (non-hydrogen) atoms. The number of hydrogen-bond acceptors (Lipinski definition) is 2. The summed E-state index contributed by atoms with van der Waals surface area (Å²) in [6.45, 7) is 1.92. The van der Waals surface area contributed by atoms with E-state index in [1.54, 1.807) is 4.90 Å². The first-order valence-electron chi connectivity index (χ1n) is 3.25. The van der Waals surface area contributed by atoms with Crippen LogP contribution in [-0.4, -0.2) is 36.5 Å². The van der Waals surface area contributed by atoms with Gasteiger partial charge in [0, 0.05) is 13.6 Å². The van der Waals surface area contributed by atoms with E-state index >= 15 is 0 Å². The van der Waals surface area contributed by atoms with Crippen LogP contribution < -0.4 is 5.32 Å². The Kier molecular flexibility index (Phi) is 0.750. The maximum Gasteiger partial charge on any atom is 0.244 e. The van der Waals surface area contributed by atoms with Crippen LogP contribution in [0.2, 0.25) is 0 Å². The molecule has 0 radical (unpaired) electrons. The van der Waals surface area contributed by atoms with Crippen molar-refractivity contribution >= 4 is 5.91 Å². The van der Waals surface area contributed by atoms with Crippen molar-refractivity contribution in [2.24, 2.45) is 0 Å². The molecule has 1 amide bonds. The molecule has 1 N–H and O–H groups in total. The molecule has 0 aromatic heterocycles. The summed E-state index contributed by atoms with van der Waals surface area (Å²) in [6.07, 6.45) is 1.04. The molecule has 2 heterocycles. The van der Waals surface area contributed by atoms with Crippen molar-refractivity contribution in [2.75, 3.05) is 20.1 Å². The second kappa shape index (κ2) is 1.29. The van der Waals surface area contributed by atoms with Crippen LogP contribution in [0.5, 0.6) is 0 Å². The molecule has 2 aliphatic rings. The van der Waals surface area contributed by atoms with Gasteiger partial charge in [-0.3, -0.25) is 4.79 Å². The second-order valence-corrected chi connectivity index (χ2v) is 2.92. The molecule has 2 aliphatic heterocycles. The monoisotopic (exact) mass is 126 g/mol. The van der Waals surface area contributed by atoms with Crippen LogP contribution in [0, 0.1) is 0 Å². The first-order chi connectivity index (χ1) is 4.25. The molecule has 0 bridgehead atoms. The van der Waals surface area contributed by atoms with Gasteiger partial charge in [-0.1, -0.05) is 0 Å². The first kappa shape index (κ1) is 5.23. The summed E-state index contributed by atoms with van der Waals surface area (Å²) in [5.41, 5.74) is -0.0885. The fraction of sp³-hybridized carbons (Fsp3) is 0.833. The molecule has 0 aliphatic carbocycles. The third-order valence-corrected chi connectivity index (χ3v) is 2.28. The van der Waals surface area contributed by atoms with Crippen LogP contribution >= 0.6 is 0 Å². The zero-order valence-electron chi connectivity index (χ0n) is 5.48. The highest BCUT2D eigenvalue weighted by atomic mass is 16.2. The highest BCUT2D eigenvalue weighted by molar-refractivity contribution is 5.93. The SMILES string of the molecule is CN1CC2(CCN2)C1=O. The van der Waals surface area contributed by atoms with Crippen molar-refractivity contribution in [3.8, 4) is 0 Å². The van der Waals surface area contributed by atoms with Gasteiger partial charge in [0.05, 0.1) is 0 Å². The van der Waals surface area contributed by atoms with Gasteiger partial charge in [0.2, 0.25) is 5.91 Å². The van der Waals surface area contributed by atoms with E-state index in [1.165, 1.54) is 0 Å². The third kappa shape index (κ3) is 0.435. The molecule has 2 rings (SSSR count). The van der Waals surface area contributed by atoms with Gasteiger partial charge in [0.15, 0.2) is 0 Å². The van der Waals surface area contributed by atoms with E-state index in [9.17, 15) is 4.79 Å². The third-order valence-electron chi connectivity index (χ3n) is 2.28. The van der Waals surface area contributed by atoms with Crippen LogP contribution in [0.3, 0.4) is 0 Å². The van der Waals surface area contributed by atoms with Gasteiger partial charge < -0.3 is 10.2 Å². The van der Waals surface area contributed by atoms with E-state index in [4.69, 9.17) is 0 Å². The van der Waals surface area contributed by atoms with Crippen molar-refractivity contribution in [3.63, 3.8) is 0 Å². The number of likely N-dealkylation sites (tertiary alicyclic amines) is 1. The number of nitrogens with one attached hydrogen (secondary N) is 1. The molecule has 0 aromatic carbocycles. The fourth-order valence-electron chi connectivity index (χ4n) is 1.56. The Morgan fingerprint density at radius 2 is 2.44 bits per heavy atom. The van der Waals surface area contributed by atoms with Gasteiger partial charge in [-0.25, -0.2) is 0 Å². The number of amides is 1. The minimum absolute atomic E-state index is 0.0885. The Labute approximate surface area is 54.0 Å². The van der Waals surface area contributed by atoms with E-state index in [2.05, 4.69) is 5.32 Å². The minimum atomic E-state index is -0.0885. The molecule has 3 nitrogen and oxygen atoms in total. The predicted octanol–water partition coefficient (Wildman–Crippen LogP) is -0.809. The summed E-state index contributed by atoms with van der Waals surface area (Å²) in [4.78, 5) is 12.8. The van der Waals surface area contributed by atoms with Gasteiger partial charge in [0.25, 0.3) is 0 Å². The van der Waals surface area contributed by atoms with Crippen molar-refractivity contribution in [1.29, 1.82) is 0 Å². The maximum absolute atomic E-state index is 11.0. The van der Waals surface area contributed by atoms with E-state index in [-0.39, 0.29) is 11.4 Å². The Balaban J connectivity index is 2.10. The van der Waals surface area contributed by atoms with Crippen molar-refractivity contribution < 1.29 is 4.79 Å². The summed E-state index contributed by atoms with van der Waals surface area (Å²) in [5, 5.41) is 3.15. The lowest BCUT2D eigenvalue weighted by atomic mass is 9.80. The van der Waals surface area contributed by atoms with Crippen LogP contribution in [0.4, 0.5) is 0 Å². The van der Waals surface area contributed by atoms with Crippen LogP contribution in [0.25, 0.3) is 0 Å². The Morgan fingerprint density at radius 3 is 2.56 bits per heavy atom. The Hall–Kier alpha value is -0.570. The fourth-order valence-corrected chi connectivity index (χ4v) is 1.56. The second-order valence-electron chi connectivity index (χ2n) is 2.92. The average Bonchev–Trinajstić information content (AvgIpc) is 1.77. The predicted molar refractivity (Wildman–Crippen MR) is 33.0 cm³/mol. The highest BCUT2D eigenvalue weighted by Crippen LogP contribution is 2.29. The summed E-state index contributed by atoms with van der Waals surface area (Å²) in [7, 11) is 1.84. The van der Waals surface area contributed by atoms with Gasteiger partial charge >= 0.3 is 0 Å². The number of nitrogens with zero attached hydrogens (tertiary/aromatic N) is 1. The quantitative estimate of drug-likeness (QED) is 0.430. The molecule has 2 fully saturated rings. The zero-order valence-corrected chi connectivity index (χ0v) is 5.48.